The van der Waals surface area contributed by atoms with E-state index in [0.717, 1.165) is 18.8 Å². The number of nitrogens with one attached hydrogen (secondary N) is 1. The predicted octanol–water partition coefficient (Wildman–Crippen LogP) is 1.96. The first-order valence-electron chi connectivity index (χ1n) is 6.64. The van der Waals surface area contributed by atoms with Gasteiger partial charge in [-0.05, 0) is 37.1 Å². The molecular formula is C14H21N3O. The Hall–Kier alpha value is -1.55. The lowest BCUT2D eigenvalue weighted by Gasteiger charge is -2.22. The van der Waals surface area contributed by atoms with E-state index < -0.39 is 0 Å². The van der Waals surface area contributed by atoms with Crippen molar-refractivity contribution >= 4 is 17.3 Å². The van der Waals surface area contributed by atoms with Gasteiger partial charge in [0.25, 0.3) is 0 Å². The van der Waals surface area contributed by atoms with Crippen molar-refractivity contribution in [2.75, 3.05) is 29.9 Å². The summed E-state index contributed by atoms with van der Waals surface area (Å²) in [5.41, 5.74) is 7.31. The van der Waals surface area contributed by atoms with Gasteiger partial charge in [0.2, 0.25) is 5.91 Å². The van der Waals surface area contributed by atoms with Crippen molar-refractivity contribution in [3.8, 4) is 0 Å². The van der Waals surface area contributed by atoms with Crippen molar-refractivity contribution in [2.24, 2.45) is 5.73 Å². The number of hydrogen-bond donors (Lipinski definition) is 2. The molecule has 0 saturated carbocycles. The number of benzene rings is 1. The summed E-state index contributed by atoms with van der Waals surface area (Å²) in [6, 6.07) is 8.01. The summed E-state index contributed by atoms with van der Waals surface area (Å²) in [7, 11) is 0. The van der Waals surface area contributed by atoms with Crippen LogP contribution < -0.4 is 16.0 Å². The van der Waals surface area contributed by atoms with Crippen molar-refractivity contribution in [1.29, 1.82) is 0 Å². The fourth-order valence-electron chi connectivity index (χ4n) is 2.30. The molecule has 0 unspecified atom stereocenters. The molecule has 0 aliphatic carbocycles. The van der Waals surface area contributed by atoms with Gasteiger partial charge in [-0.1, -0.05) is 12.8 Å². The lowest BCUT2D eigenvalue weighted by molar-refractivity contribution is -0.114. The maximum Gasteiger partial charge on any atom is 0.238 e. The Morgan fingerprint density at radius 3 is 2.28 bits per heavy atom. The minimum Gasteiger partial charge on any atom is -0.372 e. The highest BCUT2D eigenvalue weighted by Crippen LogP contribution is 2.21. The third kappa shape index (κ3) is 3.47. The maximum atomic E-state index is 11.2. The third-order valence-electron chi connectivity index (χ3n) is 3.31. The topological polar surface area (TPSA) is 58.4 Å². The first-order valence-corrected chi connectivity index (χ1v) is 6.64. The Labute approximate surface area is 108 Å². The molecule has 98 valence electrons. The molecule has 4 heteroatoms. The van der Waals surface area contributed by atoms with E-state index in [2.05, 4.69) is 22.3 Å². The third-order valence-corrected chi connectivity index (χ3v) is 3.31. The number of carbonyl (C=O) groups excluding carboxylic acids is 1. The van der Waals surface area contributed by atoms with Crippen LogP contribution in [-0.4, -0.2) is 25.5 Å². The van der Waals surface area contributed by atoms with Crippen LogP contribution in [0.2, 0.25) is 0 Å². The smallest absolute Gasteiger partial charge is 0.238 e. The lowest BCUT2D eigenvalue weighted by atomic mass is 10.2. The summed E-state index contributed by atoms with van der Waals surface area (Å²) >= 11 is 0. The molecule has 0 bridgehead atoms. The Balaban J connectivity index is 1.99. The van der Waals surface area contributed by atoms with E-state index in [1.165, 1.54) is 31.4 Å². The largest absolute Gasteiger partial charge is 0.372 e. The average molecular weight is 247 g/mol. The summed E-state index contributed by atoms with van der Waals surface area (Å²) < 4.78 is 0. The van der Waals surface area contributed by atoms with Crippen LogP contribution >= 0.6 is 0 Å². The Kier molecular flexibility index (Phi) is 4.59. The second kappa shape index (κ2) is 6.40. The van der Waals surface area contributed by atoms with Gasteiger partial charge in [-0.15, -0.1) is 0 Å². The fourth-order valence-corrected chi connectivity index (χ4v) is 2.30. The number of nitrogens with two attached hydrogens (primary N) is 1. The summed E-state index contributed by atoms with van der Waals surface area (Å²) in [6.07, 6.45) is 5.21. The van der Waals surface area contributed by atoms with E-state index in [-0.39, 0.29) is 12.5 Å². The number of rotatable bonds is 3. The molecule has 1 aliphatic heterocycles. The van der Waals surface area contributed by atoms with Crippen LogP contribution in [-0.2, 0) is 4.79 Å². The van der Waals surface area contributed by atoms with Gasteiger partial charge in [-0.3, -0.25) is 4.79 Å². The first kappa shape index (κ1) is 12.9. The fraction of sp³-hybridized carbons (Fsp3) is 0.500. The van der Waals surface area contributed by atoms with E-state index in [1.807, 2.05) is 12.1 Å². The normalized spacial score (nSPS) is 16.2. The van der Waals surface area contributed by atoms with Gasteiger partial charge in [-0.2, -0.15) is 0 Å². The predicted molar refractivity (Wildman–Crippen MR) is 74.8 cm³/mol. The van der Waals surface area contributed by atoms with Crippen LogP contribution in [0.3, 0.4) is 0 Å². The molecule has 1 heterocycles. The van der Waals surface area contributed by atoms with Crippen LogP contribution in [0.4, 0.5) is 11.4 Å². The van der Waals surface area contributed by atoms with E-state index in [1.54, 1.807) is 0 Å². The monoisotopic (exact) mass is 247 g/mol. The van der Waals surface area contributed by atoms with Crippen LogP contribution in [0.5, 0.6) is 0 Å². The average Bonchev–Trinajstić information content (AvgIpc) is 2.68. The first-order chi connectivity index (χ1) is 8.79. The van der Waals surface area contributed by atoms with Crippen LogP contribution in [0.15, 0.2) is 24.3 Å². The standard InChI is InChI=1S/C14H21N3O/c15-11-14(18)16-12-5-7-13(8-6-12)17-9-3-1-2-4-10-17/h5-8H,1-4,9-11,15H2,(H,16,18). The summed E-state index contributed by atoms with van der Waals surface area (Å²) in [6.45, 7) is 2.29. The highest BCUT2D eigenvalue weighted by Gasteiger charge is 2.09. The van der Waals surface area contributed by atoms with Crippen molar-refractivity contribution < 1.29 is 4.79 Å². The zero-order valence-electron chi connectivity index (χ0n) is 10.7. The second-order valence-electron chi connectivity index (χ2n) is 4.70. The molecule has 1 aromatic rings. The Bertz CT molecular complexity index is 381. The number of nitrogens with zero attached hydrogens (tertiary/aromatic N) is 1. The SMILES string of the molecule is NCC(=O)Nc1ccc(N2CCCCCC2)cc1. The van der Waals surface area contributed by atoms with Gasteiger partial charge in [0.1, 0.15) is 0 Å². The summed E-state index contributed by atoms with van der Waals surface area (Å²) in [4.78, 5) is 13.6. The second-order valence-corrected chi connectivity index (χ2v) is 4.70. The number of carbonyl (C=O) groups is 1. The highest BCUT2D eigenvalue weighted by molar-refractivity contribution is 5.92. The molecule has 1 amide bonds. The van der Waals surface area contributed by atoms with Crippen LogP contribution in [0.25, 0.3) is 0 Å². The minimum atomic E-state index is -0.155. The van der Waals surface area contributed by atoms with Gasteiger partial charge in [0, 0.05) is 24.5 Å². The Morgan fingerprint density at radius 1 is 1.11 bits per heavy atom. The highest BCUT2D eigenvalue weighted by atomic mass is 16.1. The quantitative estimate of drug-likeness (QED) is 0.858. The summed E-state index contributed by atoms with van der Waals surface area (Å²) in [5, 5.41) is 2.75. The van der Waals surface area contributed by atoms with Crippen molar-refractivity contribution in [1.82, 2.24) is 0 Å². The van der Waals surface area contributed by atoms with Gasteiger partial charge in [0.05, 0.1) is 6.54 Å². The van der Waals surface area contributed by atoms with Crippen molar-refractivity contribution in [2.45, 2.75) is 25.7 Å². The molecule has 0 atom stereocenters. The molecule has 0 radical (unpaired) electrons. The maximum absolute atomic E-state index is 11.2. The van der Waals surface area contributed by atoms with Gasteiger partial charge < -0.3 is 16.0 Å². The minimum absolute atomic E-state index is 0.0217. The van der Waals surface area contributed by atoms with E-state index in [4.69, 9.17) is 5.73 Å². The molecule has 1 fully saturated rings. The molecule has 0 aromatic heterocycles. The van der Waals surface area contributed by atoms with Gasteiger partial charge >= 0.3 is 0 Å². The molecule has 2 rings (SSSR count). The summed E-state index contributed by atoms with van der Waals surface area (Å²) in [5.74, 6) is -0.155. The zero-order valence-corrected chi connectivity index (χ0v) is 10.7. The van der Waals surface area contributed by atoms with Gasteiger partial charge in [0.15, 0.2) is 0 Å². The molecule has 1 aliphatic rings. The lowest BCUT2D eigenvalue weighted by Crippen LogP contribution is -2.24. The molecular weight excluding hydrogens is 226 g/mol. The molecule has 1 aromatic carbocycles. The van der Waals surface area contributed by atoms with Gasteiger partial charge in [-0.25, -0.2) is 0 Å². The number of anilines is 2. The van der Waals surface area contributed by atoms with Crippen LogP contribution in [0, 0.1) is 0 Å². The number of amides is 1. The zero-order chi connectivity index (χ0) is 12.8. The molecule has 3 N–H and O–H groups in total. The molecule has 18 heavy (non-hydrogen) atoms. The molecule has 4 nitrogen and oxygen atoms in total. The number of hydrogen-bond acceptors (Lipinski definition) is 3. The molecule has 0 spiro atoms. The Morgan fingerprint density at radius 2 is 1.72 bits per heavy atom. The van der Waals surface area contributed by atoms with Crippen LogP contribution in [0.1, 0.15) is 25.7 Å². The van der Waals surface area contributed by atoms with E-state index >= 15 is 0 Å². The van der Waals surface area contributed by atoms with E-state index in [0.29, 0.717) is 0 Å². The van der Waals surface area contributed by atoms with Crippen molar-refractivity contribution in [3.05, 3.63) is 24.3 Å². The molecule has 1 saturated heterocycles. The van der Waals surface area contributed by atoms with E-state index in [9.17, 15) is 4.79 Å². The van der Waals surface area contributed by atoms with Crippen molar-refractivity contribution in [3.63, 3.8) is 0 Å².